The molecule has 0 bridgehead atoms. The normalized spacial score (nSPS) is 20.3. The van der Waals surface area contributed by atoms with Gasteiger partial charge in [-0.3, -0.25) is 14.5 Å². The molecule has 30 heavy (non-hydrogen) atoms. The number of carbonyl (C=O) groups excluding carboxylic acids is 2. The smallest absolute Gasteiger partial charge is 0.247 e. The standard InChI is InChI=1S/C23H27N5O2/c1-24-9-5-7-18(24)14-27-16-22(29)28-11-10-26(15-21(28)23(27)30)13-19-12-17-6-3-4-8-20(17)25(19)2/h3-9,12,21H,10-11,13-16H2,1-2H3. The number of rotatable bonds is 4. The molecule has 4 heterocycles. The second-order valence-electron chi connectivity index (χ2n) is 8.40. The SMILES string of the molecule is Cn1cccc1CN1CC(=O)N2CCN(Cc3cc4ccccc4n3C)CC2C1=O. The minimum atomic E-state index is -0.394. The van der Waals surface area contributed by atoms with Crippen LogP contribution in [0.15, 0.2) is 48.7 Å². The zero-order valence-corrected chi connectivity index (χ0v) is 17.5. The van der Waals surface area contributed by atoms with Crippen molar-refractivity contribution in [3.63, 3.8) is 0 Å². The Labute approximate surface area is 176 Å². The van der Waals surface area contributed by atoms with Crippen molar-refractivity contribution in [3.05, 3.63) is 60.0 Å². The summed E-state index contributed by atoms with van der Waals surface area (Å²) in [5.41, 5.74) is 3.47. The fraction of sp³-hybridized carbons (Fsp3) is 0.391. The monoisotopic (exact) mass is 405 g/mol. The van der Waals surface area contributed by atoms with E-state index >= 15 is 0 Å². The Balaban J connectivity index is 1.33. The van der Waals surface area contributed by atoms with Gasteiger partial charge in [0.1, 0.15) is 12.6 Å². The number of amides is 2. The molecule has 1 unspecified atom stereocenters. The number of hydrogen-bond donors (Lipinski definition) is 0. The van der Waals surface area contributed by atoms with Gasteiger partial charge in [-0.1, -0.05) is 18.2 Å². The maximum atomic E-state index is 13.2. The molecule has 0 spiro atoms. The van der Waals surface area contributed by atoms with Crippen LogP contribution in [0.2, 0.25) is 0 Å². The van der Waals surface area contributed by atoms with E-state index in [4.69, 9.17) is 0 Å². The molecule has 1 aromatic carbocycles. The van der Waals surface area contributed by atoms with Gasteiger partial charge >= 0.3 is 0 Å². The Morgan fingerprint density at radius 3 is 2.57 bits per heavy atom. The van der Waals surface area contributed by atoms with E-state index in [9.17, 15) is 9.59 Å². The van der Waals surface area contributed by atoms with Crippen LogP contribution in [0, 0.1) is 0 Å². The Bertz CT molecular complexity index is 1110. The van der Waals surface area contributed by atoms with Crippen molar-refractivity contribution >= 4 is 22.7 Å². The van der Waals surface area contributed by atoms with E-state index in [1.165, 1.54) is 16.6 Å². The van der Waals surface area contributed by atoms with Crippen molar-refractivity contribution in [3.8, 4) is 0 Å². The maximum Gasteiger partial charge on any atom is 0.247 e. The van der Waals surface area contributed by atoms with E-state index in [0.29, 0.717) is 19.6 Å². The fourth-order valence-electron chi connectivity index (χ4n) is 4.75. The molecule has 2 saturated heterocycles. The number of aryl methyl sites for hydroxylation is 2. The lowest BCUT2D eigenvalue weighted by Crippen LogP contribution is -2.66. The van der Waals surface area contributed by atoms with Crippen LogP contribution in [0.5, 0.6) is 0 Å². The first-order valence-electron chi connectivity index (χ1n) is 10.5. The van der Waals surface area contributed by atoms with E-state index in [1.807, 2.05) is 29.9 Å². The predicted octanol–water partition coefficient (Wildman–Crippen LogP) is 1.57. The van der Waals surface area contributed by atoms with Gasteiger partial charge in [-0.2, -0.15) is 0 Å². The van der Waals surface area contributed by atoms with Crippen LogP contribution in [0.25, 0.3) is 10.9 Å². The lowest BCUT2D eigenvalue weighted by atomic mass is 10.1. The first-order chi connectivity index (χ1) is 14.5. The molecular formula is C23H27N5O2. The summed E-state index contributed by atoms with van der Waals surface area (Å²) in [5.74, 6) is 0.107. The number of para-hydroxylation sites is 1. The van der Waals surface area contributed by atoms with Gasteiger partial charge in [0.15, 0.2) is 0 Å². The molecule has 2 aliphatic rings. The molecule has 7 heteroatoms. The number of hydrogen-bond acceptors (Lipinski definition) is 3. The highest BCUT2D eigenvalue weighted by atomic mass is 16.2. The van der Waals surface area contributed by atoms with Gasteiger partial charge in [0, 0.05) is 63.4 Å². The number of aromatic nitrogens is 2. The third kappa shape index (κ3) is 3.19. The molecule has 1 atom stereocenters. The number of carbonyl (C=O) groups is 2. The molecule has 5 rings (SSSR count). The average Bonchev–Trinajstić information content (AvgIpc) is 3.29. The highest BCUT2D eigenvalue weighted by molar-refractivity contribution is 5.95. The third-order valence-corrected chi connectivity index (χ3v) is 6.55. The molecule has 7 nitrogen and oxygen atoms in total. The molecule has 0 radical (unpaired) electrons. The van der Waals surface area contributed by atoms with E-state index in [1.54, 1.807) is 9.80 Å². The Morgan fingerprint density at radius 1 is 0.967 bits per heavy atom. The Morgan fingerprint density at radius 2 is 1.80 bits per heavy atom. The van der Waals surface area contributed by atoms with Gasteiger partial charge in [0.2, 0.25) is 11.8 Å². The van der Waals surface area contributed by atoms with Gasteiger partial charge in [0.05, 0.1) is 6.54 Å². The summed E-state index contributed by atoms with van der Waals surface area (Å²) in [6.07, 6.45) is 1.96. The number of benzene rings is 1. The number of piperazine rings is 2. The Kier molecular flexibility index (Phi) is 4.62. The molecule has 2 aliphatic heterocycles. The molecule has 2 amide bonds. The quantitative estimate of drug-likeness (QED) is 0.662. The summed E-state index contributed by atoms with van der Waals surface area (Å²) < 4.78 is 4.22. The summed E-state index contributed by atoms with van der Waals surface area (Å²) in [6, 6.07) is 14.1. The van der Waals surface area contributed by atoms with Crippen molar-refractivity contribution in [1.82, 2.24) is 23.8 Å². The van der Waals surface area contributed by atoms with Crippen molar-refractivity contribution in [2.24, 2.45) is 14.1 Å². The highest BCUT2D eigenvalue weighted by Gasteiger charge is 2.42. The average molecular weight is 406 g/mol. The second-order valence-corrected chi connectivity index (χ2v) is 8.40. The van der Waals surface area contributed by atoms with Crippen LogP contribution < -0.4 is 0 Å². The van der Waals surface area contributed by atoms with Crippen LogP contribution in [-0.2, 0) is 36.8 Å². The maximum absolute atomic E-state index is 13.2. The van der Waals surface area contributed by atoms with Crippen molar-refractivity contribution in [2.45, 2.75) is 19.1 Å². The molecule has 0 saturated carbocycles. The van der Waals surface area contributed by atoms with Gasteiger partial charge in [-0.15, -0.1) is 0 Å². The zero-order chi connectivity index (χ0) is 20.8. The van der Waals surface area contributed by atoms with Crippen molar-refractivity contribution < 1.29 is 9.59 Å². The van der Waals surface area contributed by atoms with Gasteiger partial charge in [-0.05, 0) is 29.7 Å². The Hall–Kier alpha value is -3.06. The van der Waals surface area contributed by atoms with Crippen molar-refractivity contribution in [1.29, 1.82) is 0 Å². The van der Waals surface area contributed by atoms with Gasteiger partial charge in [-0.25, -0.2) is 0 Å². The van der Waals surface area contributed by atoms with E-state index < -0.39 is 6.04 Å². The predicted molar refractivity (Wildman–Crippen MR) is 115 cm³/mol. The van der Waals surface area contributed by atoms with E-state index in [0.717, 1.165) is 18.8 Å². The lowest BCUT2D eigenvalue weighted by Gasteiger charge is -2.46. The summed E-state index contributed by atoms with van der Waals surface area (Å²) in [4.78, 5) is 31.8. The molecule has 3 aromatic rings. The third-order valence-electron chi connectivity index (χ3n) is 6.55. The first kappa shape index (κ1) is 18.9. The first-order valence-corrected chi connectivity index (χ1v) is 10.5. The van der Waals surface area contributed by atoms with Gasteiger partial charge in [0.25, 0.3) is 0 Å². The van der Waals surface area contributed by atoms with Crippen LogP contribution in [0.1, 0.15) is 11.4 Å². The second kappa shape index (κ2) is 7.32. The fourth-order valence-corrected chi connectivity index (χ4v) is 4.75. The largest absolute Gasteiger partial charge is 0.353 e. The topological polar surface area (TPSA) is 53.7 Å². The molecule has 2 fully saturated rings. The summed E-state index contributed by atoms with van der Waals surface area (Å²) in [5, 5.41) is 1.23. The van der Waals surface area contributed by atoms with Crippen molar-refractivity contribution in [2.75, 3.05) is 26.2 Å². The minimum absolute atomic E-state index is 0.0533. The zero-order valence-electron chi connectivity index (χ0n) is 17.5. The molecule has 0 N–H and O–H groups in total. The van der Waals surface area contributed by atoms with Crippen LogP contribution in [-0.4, -0.2) is 67.9 Å². The molecule has 156 valence electrons. The van der Waals surface area contributed by atoms with E-state index in [2.05, 4.69) is 46.8 Å². The summed E-state index contributed by atoms with van der Waals surface area (Å²) >= 11 is 0. The molecule has 2 aromatic heterocycles. The van der Waals surface area contributed by atoms with E-state index in [-0.39, 0.29) is 18.4 Å². The number of nitrogens with zero attached hydrogens (tertiary/aromatic N) is 5. The van der Waals surface area contributed by atoms with Gasteiger partial charge < -0.3 is 18.9 Å². The molecule has 0 aliphatic carbocycles. The van der Waals surface area contributed by atoms with Crippen LogP contribution in [0.4, 0.5) is 0 Å². The van der Waals surface area contributed by atoms with Crippen LogP contribution in [0.3, 0.4) is 0 Å². The van der Waals surface area contributed by atoms with Crippen LogP contribution >= 0.6 is 0 Å². The number of fused-ring (bicyclic) bond motifs is 2. The lowest BCUT2D eigenvalue weighted by molar-refractivity contribution is -0.160. The molecular weight excluding hydrogens is 378 g/mol. The minimum Gasteiger partial charge on any atom is -0.353 e. The highest BCUT2D eigenvalue weighted by Crippen LogP contribution is 2.23. The summed E-state index contributed by atoms with van der Waals surface area (Å²) in [7, 11) is 4.05. The summed E-state index contributed by atoms with van der Waals surface area (Å²) in [6.45, 7) is 3.39.